The van der Waals surface area contributed by atoms with Crippen LogP contribution in [0.1, 0.15) is 79.1 Å². The maximum Gasteiger partial charge on any atom is 0.331 e. The molecule has 2 aliphatic heterocycles. The summed E-state index contributed by atoms with van der Waals surface area (Å²) in [7, 11) is 1.49. The fourth-order valence-corrected chi connectivity index (χ4v) is 9.77. The minimum atomic E-state index is -0.930. The van der Waals surface area contributed by atoms with Gasteiger partial charge < -0.3 is 33.9 Å². The number of aliphatic hydroxyl groups excluding tert-OH is 1. The number of carbonyl (C=O) groups excluding carboxylic acids is 2. The van der Waals surface area contributed by atoms with Crippen LogP contribution in [0.2, 0.25) is 0 Å². The Balaban J connectivity index is 1.16. The van der Waals surface area contributed by atoms with Gasteiger partial charge in [0.15, 0.2) is 12.4 Å². The highest BCUT2D eigenvalue weighted by molar-refractivity contribution is 5.86. The largest absolute Gasteiger partial charge is 0.458 e. The third-order valence-electron chi connectivity index (χ3n) is 12.0. The van der Waals surface area contributed by atoms with Gasteiger partial charge in [-0.15, -0.1) is 0 Å². The molecule has 0 aromatic rings. The first-order valence-electron chi connectivity index (χ1n) is 15.4. The van der Waals surface area contributed by atoms with Crippen LogP contribution in [0, 0.1) is 28.6 Å². The van der Waals surface area contributed by atoms with Crippen LogP contribution in [0.15, 0.2) is 23.3 Å². The molecular weight excluding hydrogens is 528 g/mol. The molecule has 12 unspecified atom stereocenters. The van der Waals surface area contributed by atoms with Gasteiger partial charge in [0, 0.05) is 31.1 Å². The zero-order chi connectivity index (χ0) is 29.3. The molecule has 0 aromatic carbocycles. The second kappa shape index (κ2) is 10.4. The van der Waals surface area contributed by atoms with E-state index in [1.54, 1.807) is 13.0 Å². The summed E-state index contributed by atoms with van der Waals surface area (Å²) in [4.78, 5) is 23.7. The highest BCUT2D eigenvalue weighted by atomic mass is 16.7. The number of hydrogen-bond acceptors (Lipinski definition) is 9. The molecule has 12 atom stereocenters. The Kier molecular flexibility index (Phi) is 7.46. The summed E-state index contributed by atoms with van der Waals surface area (Å²) < 4.78 is 28.8. The van der Waals surface area contributed by atoms with Gasteiger partial charge in [0.1, 0.15) is 18.8 Å². The van der Waals surface area contributed by atoms with E-state index in [4.69, 9.17) is 23.7 Å². The summed E-state index contributed by atoms with van der Waals surface area (Å²) in [6, 6.07) is 0. The van der Waals surface area contributed by atoms with E-state index < -0.39 is 42.3 Å². The predicted octanol–water partition coefficient (Wildman–Crippen LogP) is 3.60. The Bertz CT molecular complexity index is 1130. The van der Waals surface area contributed by atoms with E-state index in [1.165, 1.54) is 14.0 Å². The lowest BCUT2D eigenvalue weighted by Crippen LogP contribution is -2.62. The minimum absolute atomic E-state index is 0.0591. The Labute approximate surface area is 242 Å². The molecule has 0 amide bonds. The lowest BCUT2D eigenvalue weighted by atomic mass is 9.43. The Morgan fingerprint density at radius 1 is 1.10 bits per heavy atom. The van der Waals surface area contributed by atoms with E-state index in [2.05, 4.69) is 19.9 Å². The van der Waals surface area contributed by atoms with Crippen LogP contribution in [0.25, 0.3) is 0 Å². The van der Waals surface area contributed by atoms with Crippen molar-refractivity contribution in [3.05, 3.63) is 23.3 Å². The number of rotatable bonds is 5. The maximum atomic E-state index is 12.4. The molecule has 9 nitrogen and oxygen atoms in total. The molecule has 4 aliphatic carbocycles. The number of methoxy groups -OCH3 is 1. The number of cyclic esters (lactones) is 1. The molecule has 4 fully saturated rings. The van der Waals surface area contributed by atoms with Gasteiger partial charge in [-0.2, -0.15) is 0 Å². The van der Waals surface area contributed by atoms with Gasteiger partial charge in [0.05, 0.1) is 17.8 Å². The molecular formula is C32H46O9. The number of hydrogen-bond donors (Lipinski definition) is 2. The van der Waals surface area contributed by atoms with Gasteiger partial charge in [-0.05, 0) is 87.0 Å². The average molecular weight is 575 g/mol. The van der Waals surface area contributed by atoms with Gasteiger partial charge in [0.25, 0.3) is 0 Å². The van der Waals surface area contributed by atoms with Gasteiger partial charge >= 0.3 is 11.9 Å². The number of esters is 2. The van der Waals surface area contributed by atoms with Gasteiger partial charge in [-0.25, -0.2) is 4.79 Å². The third-order valence-corrected chi connectivity index (χ3v) is 12.0. The van der Waals surface area contributed by atoms with Crippen LogP contribution in [0.5, 0.6) is 0 Å². The summed E-state index contributed by atoms with van der Waals surface area (Å²) >= 11 is 0. The number of carbonyl (C=O) groups is 2. The van der Waals surface area contributed by atoms with E-state index in [0.717, 1.165) is 56.1 Å². The molecule has 0 spiro atoms. The maximum absolute atomic E-state index is 12.4. The summed E-state index contributed by atoms with van der Waals surface area (Å²) in [5, 5.41) is 23.0. The zero-order valence-corrected chi connectivity index (χ0v) is 25.0. The second-order valence-corrected chi connectivity index (χ2v) is 13.9. The number of ether oxygens (including phenoxy) is 5. The van der Waals surface area contributed by atoms with Crippen LogP contribution in [0.4, 0.5) is 0 Å². The number of aliphatic hydroxyl groups is 2. The van der Waals surface area contributed by atoms with Crippen LogP contribution < -0.4 is 0 Å². The summed E-state index contributed by atoms with van der Waals surface area (Å²) in [6.45, 7) is 8.03. The molecule has 6 aliphatic rings. The zero-order valence-electron chi connectivity index (χ0n) is 25.0. The number of fused-ring (bicyclic) bond motifs is 5. The molecule has 41 heavy (non-hydrogen) atoms. The first kappa shape index (κ1) is 29.3. The predicted molar refractivity (Wildman–Crippen MR) is 147 cm³/mol. The van der Waals surface area contributed by atoms with Crippen molar-refractivity contribution in [2.75, 3.05) is 13.7 Å². The van der Waals surface area contributed by atoms with Crippen molar-refractivity contribution in [2.24, 2.45) is 28.6 Å². The SMILES string of the molecule is COC1C(O)C(C)OC(OC2CCC3(C)C(CCC4C3CCC3(C)C(C5=CC(=O)OC5)=CCC43O)C2)C1OC(C)=O. The van der Waals surface area contributed by atoms with Gasteiger partial charge in [0.2, 0.25) is 0 Å². The molecule has 2 heterocycles. The summed E-state index contributed by atoms with van der Waals surface area (Å²) in [5.74, 6) is 0.302. The summed E-state index contributed by atoms with van der Waals surface area (Å²) in [6.07, 6.45) is 7.13. The highest BCUT2D eigenvalue weighted by Gasteiger charge is 2.66. The van der Waals surface area contributed by atoms with Crippen molar-refractivity contribution < 1.29 is 43.5 Å². The van der Waals surface area contributed by atoms with Crippen LogP contribution >= 0.6 is 0 Å². The molecule has 0 radical (unpaired) electrons. The third kappa shape index (κ3) is 4.53. The minimum Gasteiger partial charge on any atom is -0.458 e. The van der Waals surface area contributed by atoms with Crippen LogP contribution in [0.3, 0.4) is 0 Å². The van der Waals surface area contributed by atoms with Crippen LogP contribution in [-0.2, 0) is 33.3 Å². The normalized spacial score (nSPS) is 49.2. The smallest absolute Gasteiger partial charge is 0.331 e. The summed E-state index contributed by atoms with van der Waals surface area (Å²) in [5.41, 5.74) is 0.936. The second-order valence-electron chi connectivity index (χ2n) is 13.9. The standard InChI is InChI=1S/C32H46O9/c1-17-26(35)27(37-5)28(40-18(2)33)29(39-17)41-21-8-11-30(3)20(15-21)6-7-24-23(30)9-12-31(4)22(10-13-32(24,31)36)19-14-25(34)38-16-19/h10,14,17,20-21,23-24,26-29,35-36H,6-9,11-13,15-16H2,1-5H3. The lowest BCUT2D eigenvalue weighted by Gasteiger charge is -2.63. The molecule has 0 aromatic heterocycles. The molecule has 9 heteroatoms. The van der Waals surface area contributed by atoms with E-state index in [1.807, 2.05) is 0 Å². The van der Waals surface area contributed by atoms with Crippen molar-refractivity contribution in [2.45, 2.75) is 121 Å². The van der Waals surface area contributed by atoms with Crippen molar-refractivity contribution in [1.29, 1.82) is 0 Å². The van der Waals surface area contributed by atoms with Crippen molar-refractivity contribution in [3.63, 3.8) is 0 Å². The monoisotopic (exact) mass is 574 g/mol. The molecule has 0 bridgehead atoms. The highest BCUT2D eigenvalue weighted by Crippen LogP contribution is 2.68. The Morgan fingerprint density at radius 2 is 1.88 bits per heavy atom. The molecule has 2 N–H and O–H groups in total. The fourth-order valence-electron chi connectivity index (χ4n) is 9.77. The van der Waals surface area contributed by atoms with Gasteiger partial charge in [-0.1, -0.05) is 19.9 Å². The lowest BCUT2D eigenvalue weighted by molar-refractivity contribution is -0.315. The van der Waals surface area contributed by atoms with Crippen molar-refractivity contribution >= 4 is 11.9 Å². The van der Waals surface area contributed by atoms with E-state index in [0.29, 0.717) is 24.9 Å². The van der Waals surface area contributed by atoms with Gasteiger partial charge in [-0.3, -0.25) is 4.79 Å². The van der Waals surface area contributed by atoms with Crippen molar-refractivity contribution in [1.82, 2.24) is 0 Å². The Morgan fingerprint density at radius 3 is 2.56 bits per heavy atom. The topological polar surface area (TPSA) is 121 Å². The van der Waals surface area contributed by atoms with E-state index >= 15 is 0 Å². The van der Waals surface area contributed by atoms with E-state index in [-0.39, 0.29) is 28.8 Å². The van der Waals surface area contributed by atoms with E-state index in [9.17, 15) is 19.8 Å². The first-order valence-corrected chi connectivity index (χ1v) is 15.4. The molecule has 228 valence electrons. The average Bonchev–Trinajstić information content (AvgIpc) is 3.46. The molecule has 6 rings (SSSR count). The fraction of sp³-hybridized carbons (Fsp3) is 0.812. The quantitative estimate of drug-likeness (QED) is 0.375. The molecule has 1 saturated heterocycles. The van der Waals surface area contributed by atoms with Crippen LogP contribution in [-0.4, -0.2) is 78.3 Å². The Hall–Kier alpha value is -1.78. The first-order chi connectivity index (χ1) is 19.4. The molecule has 3 saturated carbocycles. The van der Waals surface area contributed by atoms with Crippen molar-refractivity contribution in [3.8, 4) is 0 Å².